The zero-order valence-corrected chi connectivity index (χ0v) is 12.2. The Kier molecular flexibility index (Phi) is 4.84. The van der Waals surface area contributed by atoms with Gasteiger partial charge in [0.1, 0.15) is 5.82 Å². The molecule has 1 aromatic heterocycles. The number of morpholine rings is 1. The van der Waals surface area contributed by atoms with Crippen LogP contribution in [0, 0.1) is 5.82 Å². The molecule has 1 aliphatic heterocycles. The average molecular weight is 309 g/mol. The molecule has 1 fully saturated rings. The molecule has 21 heavy (non-hydrogen) atoms. The normalized spacial score (nSPS) is 18.8. The number of ether oxygens (including phenoxy) is 1. The lowest BCUT2D eigenvalue weighted by molar-refractivity contribution is 0.0744. The van der Waals surface area contributed by atoms with Crippen LogP contribution >= 0.6 is 11.8 Å². The van der Waals surface area contributed by atoms with E-state index in [2.05, 4.69) is 15.5 Å². The first kappa shape index (κ1) is 14.5. The Morgan fingerprint density at radius 3 is 2.95 bits per heavy atom. The predicted molar refractivity (Wildman–Crippen MR) is 76.6 cm³/mol. The fourth-order valence-corrected chi connectivity index (χ4v) is 2.81. The molecule has 1 saturated heterocycles. The number of aromatic nitrogens is 2. The van der Waals surface area contributed by atoms with Gasteiger partial charge in [0, 0.05) is 23.9 Å². The molecule has 0 amide bonds. The van der Waals surface area contributed by atoms with Gasteiger partial charge in [0.25, 0.3) is 0 Å². The summed E-state index contributed by atoms with van der Waals surface area (Å²) in [4.78, 5) is 5.35. The second-order valence-corrected chi connectivity index (χ2v) is 5.83. The van der Waals surface area contributed by atoms with E-state index in [0.717, 1.165) is 18.0 Å². The van der Waals surface area contributed by atoms with E-state index in [1.807, 2.05) is 0 Å². The number of halogens is 1. The van der Waals surface area contributed by atoms with Crippen LogP contribution in [0.1, 0.15) is 11.7 Å². The number of hydrogen-bond donors (Lipinski definition) is 1. The lowest BCUT2D eigenvalue weighted by Gasteiger charge is -2.22. The summed E-state index contributed by atoms with van der Waals surface area (Å²) >= 11 is 1.55. The largest absolute Gasteiger partial charge is 0.378 e. The number of hydrogen-bond acceptors (Lipinski definition) is 6. The van der Waals surface area contributed by atoms with Crippen LogP contribution in [0.25, 0.3) is 0 Å². The summed E-state index contributed by atoms with van der Waals surface area (Å²) in [5.41, 5.74) is 0. The average Bonchev–Trinajstić information content (AvgIpc) is 2.95. The van der Waals surface area contributed by atoms with Gasteiger partial charge in [-0.15, -0.1) is 11.8 Å². The Morgan fingerprint density at radius 1 is 1.33 bits per heavy atom. The highest BCUT2D eigenvalue weighted by Crippen LogP contribution is 2.21. The van der Waals surface area contributed by atoms with Crippen LogP contribution in [0.4, 0.5) is 4.39 Å². The first-order valence-electron chi connectivity index (χ1n) is 6.80. The predicted octanol–water partition coefficient (Wildman–Crippen LogP) is 2.03. The van der Waals surface area contributed by atoms with Crippen LogP contribution < -0.4 is 5.32 Å². The highest BCUT2D eigenvalue weighted by atomic mass is 32.2. The van der Waals surface area contributed by atoms with Gasteiger partial charge >= 0.3 is 0 Å². The Bertz CT molecular complexity index is 570. The van der Waals surface area contributed by atoms with Crippen molar-refractivity contribution in [2.24, 2.45) is 0 Å². The molecule has 1 aromatic carbocycles. The van der Waals surface area contributed by atoms with Crippen molar-refractivity contribution in [1.29, 1.82) is 0 Å². The molecule has 1 N–H and O–H groups in total. The van der Waals surface area contributed by atoms with Gasteiger partial charge in [-0.1, -0.05) is 5.16 Å². The first-order chi connectivity index (χ1) is 10.3. The van der Waals surface area contributed by atoms with E-state index in [0.29, 0.717) is 30.5 Å². The molecule has 2 heterocycles. The maximum atomic E-state index is 12.8. The molecule has 7 heteroatoms. The summed E-state index contributed by atoms with van der Waals surface area (Å²) < 4.78 is 23.4. The molecule has 5 nitrogen and oxygen atoms in total. The van der Waals surface area contributed by atoms with E-state index in [1.165, 1.54) is 12.1 Å². The number of nitrogens with one attached hydrogen (secondary N) is 1. The monoisotopic (exact) mass is 309 g/mol. The minimum absolute atomic E-state index is 0.233. The van der Waals surface area contributed by atoms with Crippen molar-refractivity contribution in [3.05, 3.63) is 41.8 Å². The van der Waals surface area contributed by atoms with Gasteiger partial charge in [-0.2, -0.15) is 4.98 Å². The summed E-state index contributed by atoms with van der Waals surface area (Å²) in [6.07, 6.45) is 0.675. The van der Waals surface area contributed by atoms with Gasteiger partial charge in [-0.05, 0) is 24.3 Å². The highest BCUT2D eigenvalue weighted by Gasteiger charge is 2.17. The van der Waals surface area contributed by atoms with Gasteiger partial charge in [0.2, 0.25) is 5.89 Å². The zero-order valence-electron chi connectivity index (χ0n) is 11.4. The summed E-state index contributed by atoms with van der Waals surface area (Å²) in [6.45, 7) is 2.27. The topological polar surface area (TPSA) is 60.2 Å². The second kappa shape index (κ2) is 7.02. The van der Waals surface area contributed by atoms with Crippen LogP contribution in [-0.2, 0) is 16.9 Å². The molecule has 0 bridgehead atoms. The van der Waals surface area contributed by atoms with Crippen LogP contribution in [0.15, 0.2) is 33.7 Å². The lowest BCUT2D eigenvalue weighted by atomic mass is 10.2. The van der Waals surface area contributed by atoms with E-state index in [9.17, 15) is 4.39 Å². The van der Waals surface area contributed by atoms with Gasteiger partial charge in [-0.3, -0.25) is 0 Å². The van der Waals surface area contributed by atoms with Gasteiger partial charge in [0.15, 0.2) is 5.82 Å². The van der Waals surface area contributed by atoms with E-state index in [4.69, 9.17) is 9.26 Å². The summed E-state index contributed by atoms with van der Waals surface area (Å²) in [7, 11) is 0. The molecular formula is C14H16FN3O2S. The first-order valence-corrected chi connectivity index (χ1v) is 7.79. The fourth-order valence-electron chi connectivity index (χ4n) is 2.07. The molecule has 0 radical (unpaired) electrons. The van der Waals surface area contributed by atoms with Crippen molar-refractivity contribution in [3.8, 4) is 0 Å². The van der Waals surface area contributed by atoms with Crippen molar-refractivity contribution in [2.75, 3.05) is 19.8 Å². The van der Waals surface area contributed by atoms with E-state index in [1.54, 1.807) is 23.9 Å². The fraction of sp³-hybridized carbons (Fsp3) is 0.429. The van der Waals surface area contributed by atoms with Gasteiger partial charge in [-0.25, -0.2) is 4.39 Å². The van der Waals surface area contributed by atoms with Gasteiger partial charge in [0.05, 0.1) is 19.0 Å². The Morgan fingerprint density at radius 2 is 2.19 bits per heavy atom. The summed E-state index contributed by atoms with van der Waals surface area (Å²) in [5, 5.41) is 7.31. The quantitative estimate of drug-likeness (QED) is 0.853. The minimum Gasteiger partial charge on any atom is -0.378 e. The number of rotatable bonds is 5. The molecular weight excluding hydrogens is 293 g/mol. The third kappa shape index (κ3) is 4.26. The van der Waals surface area contributed by atoms with Crippen LogP contribution in [-0.4, -0.2) is 35.9 Å². The standard InChI is InChI=1S/C14H16FN3O2S/c15-10-1-3-12(4-2-10)21-9-13-17-14(20-18-13)7-11-8-19-6-5-16-11/h1-4,11,16H,5-9H2. The highest BCUT2D eigenvalue weighted by molar-refractivity contribution is 7.98. The number of nitrogens with zero attached hydrogens (tertiary/aromatic N) is 2. The Hall–Kier alpha value is -1.44. The Labute approximate surface area is 126 Å². The van der Waals surface area contributed by atoms with E-state index < -0.39 is 0 Å². The maximum absolute atomic E-state index is 12.8. The lowest BCUT2D eigenvalue weighted by Crippen LogP contribution is -2.42. The van der Waals surface area contributed by atoms with Crippen molar-refractivity contribution >= 4 is 11.8 Å². The molecule has 3 rings (SSSR count). The van der Waals surface area contributed by atoms with Crippen molar-refractivity contribution in [1.82, 2.24) is 15.5 Å². The third-order valence-corrected chi connectivity index (χ3v) is 4.12. The van der Waals surface area contributed by atoms with Crippen molar-refractivity contribution in [3.63, 3.8) is 0 Å². The van der Waals surface area contributed by atoms with Crippen molar-refractivity contribution < 1.29 is 13.7 Å². The summed E-state index contributed by atoms with van der Waals surface area (Å²) in [6, 6.07) is 6.60. The Balaban J connectivity index is 1.51. The maximum Gasteiger partial charge on any atom is 0.228 e. The van der Waals surface area contributed by atoms with Crippen molar-refractivity contribution in [2.45, 2.75) is 23.1 Å². The SMILES string of the molecule is Fc1ccc(SCc2noc(CC3COCCN3)n2)cc1. The van der Waals surface area contributed by atoms with Crippen LogP contribution in [0.2, 0.25) is 0 Å². The molecule has 1 unspecified atom stereocenters. The smallest absolute Gasteiger partial charge is 0.228 e. The van der Waals surface area contributed by atoms with E-state index >= 15 is 0 Å². The molecule has 0 saturated carbocycles. The van der Waals surface area contributed by atoms with Crippen LogP contribution in [0.3, 0.4) is 0 Å². The number of benzene rings is 1. The molecule has 0 spiro atoms. The third-order valence-electron chi connectivity index (χ3n) is 3.11. The molecule has 2 aromatic rings. The summed E-state index contributed by atoms with van der Waals surface area (Å²) in [5.74, 6) is 1.64. The molecule has 1 atom stereocenters. The molecule has 1 aliphatic rings. The van der Waals surface area contributed by atoms with Crippen LogP contribution in [0.5, 0.6) is 0 Å². The second-order valence-electron chi connectivity index (χ2n) is 4.78. The molecule has 0 aliphatic carbocycles. The zero-order chi connectivity index (χ0) is 14.5. The number of thioether (sulfide) groups is 1. The minimum atomic E-state index is -0.233. The molecule has 112 valence electrons. The van der Waals surface area contributed by atoms with E-state index in [-0.39, 0.29) is 11.9 Å². The van der Waals surface area contributed by atoms with Gasteiger partial charge < -0.3 is 14.6 Å².